The van der Waals surface area contributed by atoms with E-state index in [1.54, 1.807) is 45.6 Å². The Morgan fingerprint density at radius 1 is 0.925 bits per heavy atom. The van der Waals surface area contributed by atoms with Gasteiger partial charge in [-0.1, -0.05) is 6.07 Å². The second-order valence-electron chi connectivity index (χ2n) is 9.50. The lowest BCUT2D eigenvalue weighted by Gasteiger charge is -2.24. The molecule has 0 unspecified atom stereocenters. The summed E-state index contributed by atoms with van der Waals surface area (Å²) in [6.45, 7) is 0.437. The Hall–Kier alpha value is -4.31. The van der Waals surface area contributed by atoms with Crippen LogP contribution in [-0.4, -0.2) is 69.8 Å². The molecule has 1 heterocycles. The molecule has 9 nitrogen and oxygen atoms in total. The molecule has 0 saturated carbocycles. The predicted octanol–water partition coefficient (Wildman–Crippen LogP) is 4.35. The fourth-order valence-corrected chi connectivity index (χ4v) is 4.99. The molecule has 4 rings (SSSR count). The van der Waals surface area contributed by atoms with Crippen LogP contribution in [0.15, 0.2) is 66.7 Å². The van der Waals surface area contributed by atoms with Crippen LogP contribution in [0.2, 0.25) is 0 Å². The van der Waals surface area contributed by atoms with Gasteiger partial charge in [-0.15, -0.1) is 0 Å². The Bertz CT molecular complexity index is 1360. The van der Waals surface area contributed by atoms with E-state index in [0.717, 1.165) is 11.3 Å². The van der Waals surface area contributed by atoms with Crippen molar-refractivity contribution in [2.24, 2.45) is 0 Å². The van der Waals surface area contributed by atoms with Crippen LogP contribution in [-0.2, 0) is 16.0 Å². The van der Waals surface area contributed by atoms with Crippen molar-refractivity contribution in [3.63, 3.8) is 0 Å². The largest absolute Gasteiger partial charge is 0.497 e. The summed E-state index contributed by atoms with van der Waals surface area (Å²) in [5.41, 5.74) is 3.27. The molecule has 3 aromatic rings. The fourth-order valence-electron chi connectivity index (χ4n) is 4.57. The summed E-state index contributed by atoms with van der Waals surface area (Å²) in [5.74, 6) is 1.43. The van der Waals surface area contributed by atoms with Crippen molar-refractivity contribution in [3.8, 4) is 17.2 Å². The lowest BCUT2D eigenvalue weighted by Crippen LogP contribution is -2.39. The van der Waals surface area contributed by atoms with Gasteiger partial charge in [0.15, 0.2) is 16.6 Å². The highest BCUT2D eigenvalue weighted by Gasteiger charge is 2.44. The monoisotopic (exact) mass is 562 g/mol. The van der Waals surface area contributed by atoms with Gasteiger partial charge in [-0.05, 0) is 84.9 Å². The molecule has 1 aliphatic heterocycles. The molecule has 1 N–H and O–H groups in total. The molecule has 0 spiro atoms. The van der Waals surface area contributed by atoms with E-state index in [4.69, 9.17) is 26.4 Å². The van der Waals surface area contributed by atoms with E-state index in [1.807, 2.05) is 66.4 Å². The van der Waals surface area contributed by atoms with Gasteiger partial charge in [-0.25, -0.2) is 0 Å². The highest BCUT2D eigenvalue weighted by Crippen LogP contribution is 2.31. The summed E-state index contributed by atoms with van der Waals surface area (Å²) < 4.78 is 16.0. The SMILES string of the molecule is COc1ccc(NC(=O)C[C@H]2C(=O)N(c3ccc(N(C)C)cc3)C(=S)N2CCc2ccc(OC)c(OC)c2)cc1. The number of benzene rings is 3. The maximum absolute atomic E-state index is 13.8. The normalized spacial score (nSPS) is 14.8. The quantitative estimate of drug-likeness (QED) is 0.346. The Labute approximate surface area is 240 Å². The van der Waals surface area contributed by atoms with Gasteiger partial charge < -0.3 is 29.3 Å². The summed E-state index contributed by atoms with van der Waals surface area (Å²) in [6.07, 6.45) is 0.529. The number of hydrogen-bond acceptors (Lipinski definition) is 7. The van der Waals surface area contributed by atoms with E-state index in [2.05, 4.69) is 5.32 Å². The molecule has 1 fully saturated rings. The molecule has 210 valence electrons. The van der Waals surface area contributed by atoms with E-state index < -0.39 is 6.04 Å². The first-order valence-corrected chi connectivity index (χ1v) is 13.2. The third kappa shape index (κ3) is 6.28. The highest BCUT2D eigenvalue weighted by atomic mass is 32.1. The zero-order valence-corrected chi connectivity index (χ0v) is 24.2. The second kappa shape index (κ2) is 12.7. The van der Waals surface area contributed by atoms with E-state index in [1.165, 1.54) is 4.90 Å². The van der Waals surface area contributed by atoms with Crippen molar-refractivity contribution in [2.45, 2.75) is 18.9 Å². The molecule has 0 bridgehead atoms. The van der Waals surface area contributed by atoms with Gasteiger partial charge in [0.1, 0.15) is 11.8 Å². The summed E-state index contributed by atoms with van der Waals surface area (Å²) in [5, 5.41) is 3.25. The summed E-state index contributed by atoms with van der Waals surface area (Å²) in [4.78, 5) is 32.2. The molecule has 1 saturated heterocycles. The Balaban J connectivity index is 1.56. The number of methoxy groups -OCH3 is 3. The molecule has 0 radical (unpaired) electrons. The zero-order chi connectivity index (χ0) is 28.8. The first-order chi connectivity index (χ1) is 19.2. The first-order valence-electron chi connectivity index (χ1n) is 12.8. The summed E-state index contributed by atoms with van der Waals surface area (Å²) in [7, 11) is 8.67. The van der Waals surface area contributed by atoms with Crippen LogP contribution in [0, 0.1) is 0 Å². The third-order valence-electron chi connectivity index (χ3n) is 6.78. The van der Waals surface area contributed by atoms with Crippen molar-refractivity contribution in [3.05, 3.63) is 72.3 Å². The standard InChI is InChI=1S/C30H34N4O5S/c1-32(2)22-9-11-23(12-10-22)34-29(36)25(19-28(35)31-21-7-13-24(37-3)14-8-21)33(30(34)40)17-16-20-6-15-26(38-4)27(18-20)39-5/h6-15,18,25H,16-17,19H2,1-5H3,(H,31,35)/t25-/m0/s1. The van der Waals surface area contributed by atoms with E-state index in [9.17, 15) is 9.59 Å². The van der Waals surface area contributed by atoms with Crippen LogP contribution in [0.3, 0.4) is 0 Å². The summed E-state index contributed by atoms with van der Waals surface area (Å²) in [6, 6.07) is 19.6. The van der Waals surface area contributed by atoms with Gasteiger partial charge in [-0.3, -0.25) is 14.5 Å². The maximum Gasteiger partial charge on any atom is 0.256 e. The van der Waals surface area contributed by atoms with Crippen molar-refractivity contribution >= 4 is 46.2 Å². The number of anilines is 3. The molecule has 40 heavy (non-hydrogen) atoms. The van der Waals surface area contributed by atoms with Crippen LogP contribution in [0.4, 0.5) is 17.1 Å². The molecule has 0 aromatic heterocycles. The van der Waals surface area contributed by atoms with Crippen LogP contribution in [0.5, 0.6) is 17.2 Å². The second-order valence-corrected chi connectivity index (χ2v) is 9.86. The Morgan fingerprint density at radius 3 is 2.20 bits per heavy atom. The van der Waals surface area contributed by atoms with Crippen molar-refractivity contribution in [1.29, 1.82) is 0 Å². The molecule has 10 heteroatoms. The average Bonchev–Trinajstić information content (AvgIpc) is 3.19. The smallest absolute Gasteiger partial charge is 0.256 e. The van der Waals surface area contributed by atoms with Gasteiger partial charge >= 0.3 is 0 Å². The number of hydrogen-bond donors (Lipinski definition) is 1. The van der Waals surface area contributed by atoms with Gasteiger partial charge in [0.2, 0.25) is 5.91 Å². The number of ether oxygens (including phenoxy) is 3. The zero-order valence-electron chi connectivity index (χ0n) is 23.3. The number of carbonyl (C=O) groups excluding carboxylic acids is 2. The van der Waals surface area contributed by atoms with Crippen LogP contribution in [0.1, 0.15) is 12.0 Å². The molecule has 1 atom stereocenters. The molecule has 2 amide bonds. The third-order valence-corrected chi connectivity index (χ3v) is 7.20. The Kier molecular flexibility index (Phi) is 9.11. The van der Waals surface area contributed by atoms with Gasteiger partial charge in [0.25, 0.3) is 5.91 Å². The van der Waals surface area contributed by atoms with Crippen molar-refractivity contribution < 1.29 is 23.8 Å². The topological polar surface area (TPSA) is 83.6 Å². The first kappa shape index (κ1) is 28.7. The minimum atomic E-state index is -0.751. The van der Waals surface area contributed by atoms with E-state index in [0.29, 0.717) is 46.7 Å². The Morgan fingerprint density at radius 2 is 1.60 bits per heavy atom. The number of nitrogens with zero attached hydrogens (tertiary/aromatic N) is 3. The van der Waals surface area contributed by atoms with Crippen LogP contribution in [0.25, 0.3) is 0 Å². The van der Waals surface area contributed by atoms with Gasteiger partial charge in [-0.2, -0.15) is 0 Å². The maximum atomic E-state index is 13.8. The van der Waals surface area contributed by atoms with Crippen molar-refractivity contribution in [2.75, 3.05) is 57.1 Å². The molecular weight excluding hydrogens is 528 g/mol. The average molecular weight is 563 g/mol. The van der Waals surface area contributed by atoms with Gasteiger partial charge in [0, 0.05) is 32.0 Å². The van der Waals surface area contributed by atoms with E-state index >= 15 is 0 Å². The minimum absolute atomic E-state index is 0.0524. The molecule has 0 aliphatic carbocycles. The lowest BCUT2D eigenvalue weighted by atomic mass is 10.1. The molecule has 3 aromatic carbocycles. The minimum Gasteiger partial charge on any atom is -0.497 e. The number of rotatable bonds is 11. The van der Waals surface area contributed by atoms with Crippen LogP contribution >= 0.6 is 12.2 Å². The van der Waals surface area contributed by atoms with Gasteiger partial charge in [0.05, 0.1) is 33.4 Å². The lowest BCUT2D eigenvalue weighted by molar-refractivity contribution is -0.124. The predicted molar refractivity (Wildman–Crippen MR) is 161 cm³/mol. The number of amides is 2. The van der Waals surface area contributed by atoms with Crippen molar-refractivity contribution in [1.82, 2.24) is 4.90 Å². The van der Waals surface area contributed by atoms with Crippen LogP contribution < -0.4 is 29.3 Å². The molecule has 1 aliphatic rings. The fraction of sp³-hybridized carbons (Fsp3) is 0.300. The number of thiocarbonyl (C=S) groups is 1. The summed E-state index contributed by atoms with van der Waals surface area (Å²) >= 11 is 5.83. The van der Waals surface area contributed by atoms with E-state index in [-0.39, 0.29) is 18.2 Å². The number of nitrogens with one attached hydrogen (secondary N) is 1. The molecular formula is C30H34N4O5S. The number of carbonyl (C=O) groups is 2. The highest BCUT2D eigenvalue weighted by molar-refractivity contribution is 7.80.